The third kappa shape index (κ3) is 1.95. The molecule has 1 aromatic carbocycles. The van der Waals surface area contributed by atoms with Crippen LogP contribution >= 0.6 is 0 Å². The van der Waals surface area contributed by atoms with Gasteiger partial charge >= 0.3 is 0 Å². The number of benzene rings is 1. The van der Waals surface area contributed by atoms with Gasteiger partial charge in [-0.3, -0.25) is 5.41 Å². The summed E-state index contributed by atoms with van der Waals surface area (Å²) >= 11 is 0. The summed E-state index contributed by atoms with van der Waals surface area (Å²) in [5, 5.41) is 15.5. The molecule has 5 nitrogen and oxygen atoms in total. The number of nitrogen functional groups attached to an aromatic ring is 1. The first kappa shape index (κ1) is 12.7. The van der Waals surface area contributed by atoms with Crippen LogP contribution < -0.4 is 11.1 Å². The van der Waals surface area contributed by atoms with E-state index in [0.717, 1.165) is 12.2 Å². The molecule has 1 aliphatic rings. The first-order chi connectivity index (χ1) is 9.49. The highest BCUT2D eigenvalue weighted by Crippen LogP contribution is 2.39. The molecule has 0 spiro atoms. The predicted octanol–water partition coefficient (Wildman–Crippen LogP) is 2.46. The third-order valence-corrected chi connectivity index (χ3v) is 3.85. The summed E-state index contributed by atoms with van der Waals surface area (Å²) in [4.78, 5) is 0. The number of amidine groups is 1. The number of fused-ring (bicyclic) bond motifs is 1. The van der Waals surface area contributed by atoms with Crippen molar-refractivity contribution in [3.05, 3.63) is 47.7 Å². The quantitative estimate of drug-likeness (QED) is 0.578. The number of hydrogen-bond donors (Lipinski definition) is 3. The summed E-state index contributed by atoms with van der Waals surface area (Å²) in [6, 6.07) is 10.5. The SMILES string of the molecule is CC1(C)CC(c2ccccc2)Nc2c(C(=N)N)cnn21. The van der Waals surface area contributed by atoms with Crippen molar-refractivity contribution in [1.82, 2.24) is 9.78 Å². The average molecular weight is 269 g/mol. The van der Waals surface area contributed by atoms with Crippen LogP contribution in [0.2, 0.25) is 0 Å². The molecule has 0 radical (unpaired) electrons. The van der Waals surface area contributed by atoms with Gasteiger partial charge < -0.3 is 11.1 Å². The van der Waals surface area contributed by atoms with Gasteiger partial charge in [0.05, 0.1) is 23.3 Å². The van der Waals surface area contributed by atoms with Gasteiger partial charge in [-0.1, -0.05) is 30.3 Å². The van der Waals surface area contributed by atoms with Gasteiger partial charge in [-0.2, -0.15) is 5.10 Å². The Labute approximate surface area is 118 Å². The molecule has 104 valence electrons. The fourth-order valence-electron chi connectivity index (χ4n) is 2.83. The molecule has 0 aliphatic carbocycles. The van der Waals surface area contributed by atoms with Crippen LogP contribution in [0, 0.1) is 5.41 Å². The van der Waals surface area contributed by atoms with Gasteiger partial charge in [-0.05, 0) is 25.8 Å². The first-order valence-electron chi connectivity index (χ1n) is 6.73. The zero-order valence-corrected chi connectivity index (χ0v) is 11.7. The summed E-state index contributed by atoms with van der Waals surface area (Å²) in [5.41, 5.74) is 7.43. The van der Waals surface area contributed by atoms with Gasteiger partial charge in [0.25, 0.3) is 0 Å². The van der Waals surface area contributed by atoms with Crippen LogP contribution in [0.5, 0.6) is 0 Å². The van der Waals surface area contributed by atoms with Crippen LogP contribution in [-0.4, -0.2) is 15.6 Å². The van der Waals surface area contributed by atoms with Gasteiger partial charge in [-0.15, -0.1) is 0 Å². The summed E-state index contributed by atoms with van der Waals surface area (Å²) < 4.78 is 1.93. The second-order valence-electron chi connectivity index (χ2n) is 5.86. The summed E-state index contributed by atoms with van der Waals surface area (Å²) in [6.07, 6.45) is 2.60. The summed E-state index contributed by atoms with van der Waals surface area (Å²) in [5.74, 6) is 0.880. The fourth-order valence-corrected chi connectivity index (χ4v) is 2.83. The smallest absolute Gasteiger partial charge is 0.136 e. The highest BCUT2D eigenvalue weighted by Gasteiger charge is 2.35. The van der Waals surface area contributed by atoms with E-state index in [1.165, 1.54) is 5.56 Å². The van der Waals surface area contributed by atoms with E-state index in [1.807, 2.05) is 22.9 Å². The molecule has 0 amide bonds. The minimum absolute atomic E-state index is 0.0447. The maximum Gasteiger partial charge on any atom is 0.136 e. The molecule has 3 rings (SSSR count). The van der Waals surface area contributed by atoms with E-state index in [9.17, 15) is 0 Å². The average Bonchev–Trinajstić information content (AvgIpc) is 2.84. The molecule has 1 unspecified atom stereocenters. The molecule has 4 N–H and O–H groups in total. The van der Waals surface area contributed by atoms with E-state index in [1.54, 1.807) is 6.20 Å². The lowest BCUT2D eigenvalue weighted by atomic mass is 9.89. The molecular formula is C15H19N5. The van der Waals surface area contributed by atoms with Crippen LogP contribution in [0.15, 0.2) is 36.5 Å². The molecular weight excluding hydrogens is 250 g/mol. The van der Waals surface area contributed by atoms with Gasteiger partial charge in [0.1, 0.15) is 11.7 Å². The van der Waals surface area contributed by atoms with Crippen LogP contribution in [0.3, 0.4) is 0 Å². The van der Waals surface area contributed by atoms with E-state index >= 15 is 0 Å². The molecule has 5 heteroatoms. The van der Waals surface area contributed by atoms with Crippen LogP contribution in [0.25, 0.3) is 0 Å². The predicted molar refractivity (Wildman–Crippen MR) is 80.0 cm³/mol. The Morgan fingerprint density at radius 3 is 2.75 bits per heavy atom. The number of hydrogen-bond acceptors (Lipinski definition) is 3. The topological polar surface area (TPSA) is 79.7 Å². The second kappa shape index (κ2) is 4.37. The maximum absolute atomic E-state index is 7.68. The van der Waals surface area contributed by atoms with E-state index in [4.69, 9.17) is 11.1 Å². The molecule has 20 heavy (non-hydrogen) atoms. The molecule has 0 bridgehead atoms. The Kier molecular flexibility index (Phi) is 2.78. The maximum atomic E-state index is 7.68. The van der Waals surface area contributed by atoms with Crippen molar-refractivity contribution in [1.29, 1.82) is 5.41 Å². The normalized spacial score (nSPS) is 20.0. The van der Waals surface area contributed by atoms with Crippen LogP contribution in [0.1, 0.15) is 37.4 Å². The zero-order valence-electron chi connectivity index (χ0n) is 11.7. The molecule has 0 saturated carbocycles. The van der Waals surface area contributed by atoms with Gasteiger partial charge in [0, 0.05) is 0 Å². The van der Waals surface area contributed by atoms with Crippen molar-refractivity contribution in [2.24, 2.45) is 5.73 Å². The van der Waals surface area contributed by atoms with E-state index in [0.29, 0.717) is 5.56 Å². The first-order valence-corrected chi connectivity index (χ1v) is 6.73. The summed E-state index contributed by atoms with van der Waals surface area (Å²) in [7, 11) is 0. The van der Waals surface area contributed by atoms with Crippen molar-refractivity contribution in [3.63, 3.8) is 0 Å². The van der Waals surface area contributed by atoms with Crippen LogP contribution in [-0.2, 0) is 5.54 Å². The molecule has 0 saturated heterocycles. The Bertz CT molecular complexity index is 642. The lowest BCUT2D eigenvalue weighted by molar-refractivity contribution is 0.263. The molecule has 0 fully saturated rings. The van der Waals surface area contributed by atoms with Gasteiger partial charge in [-0.25, -0.2) is 4.68 Å². The zero-order chi connectivity index (χ0) is 14.3. The van der Waals surface area contributed by atoms with Crippen molar-refractivity contribution in [2.45, 2.75) is 31.8 Å². The number of nitrogens with one attached hydrogen (secondary N) is 2. The van der Waals surface area contributed by atoms with Gasteiger partial charge in [0.15, 0.2) is 0 Å². The van der Waals surface area contributed by atoms with E-state index < -0.39 is 0 Å². The number of rotatable bonds is 2. The molecule has 1 aromatic heterocycles. The minimum Gasteiger partial charge on any atom is -0.384 e. The number of anilines is 1. The number of aromatic nitrogens is 2. The fraction of sp³-hybridized carbons (Fsp3) is 0.333. The largest absolute Gasteiger partial charge is 0.384 e. The summed E-state index contributed by atoms with van der Waals surface area (Å²) in [6.45, 7) is 4.31. The van der Waals surface area contributed by atoms with Crippen molar-refractivity contribution < 1.29 is 0 Å². The second-order valence-corrected chi connectivity index (χ2v) is 5.86. The highest BCUT2D eigenvalue weighted by atomic mass is 15.4. The third-order valence-electron chi connectivity index (χ3n) is 3.85. The Morgan fingerprint density at radius 2 is 2.10 bits per heavy atom. The molecule has 1 aliphatic heterocycles. The van der Waals surface area contributed by atoms with Crippen LogP contribution in [0.4, 0.5) is 5.82 Å². The minimum atomic E-state index is -0.116. The Morgan fingerprint density at radius 1 is 1.40 bits per heavy atom. The lowest BCUT2D eigenvalue weighted by Gasteiger charge is -2.38. The standard InChI is InChI=1S/C15H19N5/c1-15(2)8-12(10-6-4-3-5-7-10)19-14-11(13(16)17)9-18-20(14)15/h3-7,9,12,19H,8H2,1-2H3,(H3,16,17). The Hall–Kier alpha value is -2.30. The highest BCUT2D eigenvalue weighted by molar-refractivity contribution is 5.99. The van der Waals surface area contributed by atoms with E-state index in [-0.39, 0.29) is 17.4 Å². The number of nitrogens with zero attached hydrogens (tertiary/aromatic N) is 2. The molecule has 2 heterocycles. The molecule has 2 aromatic rings. The van der Waals surface area contributed by atoms with Crippen molar-refractivity contribution in [2.75, 3.05) is 5.32 Å². The molecule has 1 atom stereocenters. The lowest BCUT2D eigenvalue weighted by Crippen LogP contribution is -2.38. The van der Waals surface area contributed by atoms with Gasteiger partial charge in [0.2, 0.25) is 0 Å². The van der Waals surface area contributed by atoms with E-state index in [2.05, 4.69) is 36.4 Å². The van der Waals surface area contributed by atoms with Crippen molar-refractivity contribution in [3.8, 4) is 0 Å². The Balaban J connectivity index is 2.05. The number of nitrogens with two attached hydrogens (primary N) is 1. The van der Waals surface area contributed by atoms with Crippen molar-refractivity contribution >= 4 is 11.7 Å². The monoisotopic (exact) mass is 269 g/mol.